The molecule has 4 aliphatic heterocycles. The molecule has 0 aromatic carbocycles. The smallest absolute Gasteiger partial charge is 0.353 e. The van der Waals surface area contributed by atoms with Gasteiger partial charge in [0.1, 0.15) is 12.0 Å². The first-order valence-electron chi connectivity index (χ1n) is 12.9. The number of aromatic nitrogens is 4. The first kappa shape index (κ1) is 26.6. The minimum absolute atomic E-state index is 0.00248. The Balaban J connectivity index is 1.21. The van der Waals surface area contributed by atoms with E-state index in [-0.39, 0.29) is 59.1 Å². The summed E-state index contributed by atoms with van der Waals surface area (Å²) in [7, 11) is 0. The largest absolute Gasteiger partial charge is 0.477 e. The van der Waals surface area contributed by atoms with E-state index in [0.717, 1.165) is 6.42 Å². The number of fused-ring (bicyclic) bond motifs is 1. The number of carbonyl (C=O) groups excluding carboxylic acids is 3. The molecule has 0 unspecified atom stereocenters. The minimum Gasteiger partial charge on any atom is -0.477 e. The van der Waals surface area contributed by atoms with E-state index in [1.807, 2.05) is 6.92 Å². The van der Waals surface area contributed by atoms with Crippen LogP contribution in [0.25, 0.3) is 0 Å². The standard InChI is InChI=1S/C23H33N9O5S/c1-11-18-17(12(2)27-16(33)4-6-31-10-26-28-29-31)22(35)32(18)19(23(36)37)20(11)38-14-7-15(25-8-14)21(34)30-5-3-13(24)9-30/h10-15,17-18,25H,3-9,24H2,1-2H3,(H,27,33)(H,36,37)/t11-,12-,13-,14+,15+,17-,18-/m1/s1. The second-order valence-electron chi connectivity index (χ2n) is 10.5. The number of thioether (sulfide) groups is 1. The lowest BCUT2D eigenvalue weighted by atomic mass is 9.78. The van der Waals surface area contributed by atoms with Crippen molar-refractivity contribution in [1.29, 1.82) is 0 Å². The number of aliphatic carboxylic acids is 1. The summed E-state index contributed by atoms with van der Waals surface area (Å²) in [6, 6.07) is -1.11. The molecule has 1 aromatic rings. The van der Waals surface area contributed by atoms with E-state index in [1.54, 1.807) is 11.8 Å². The monoisotopic (exact) mass is 547 g/mol. The summed E-state index contributed by atoms with van der Waals surface area (Å²) in [5.41, 5.74) is 5.97. The van der Waals surface area contributed by atoms with Crippen LogP contribution in [0.15, 0.2) is 16.9 Å². The van der Waals surface area contributed by atoms with Crippen molar-refractivity contribution >= 4 is 35.5 Å². The quantitative estimate of drug-likeness (QED) is 0.260. The van der Waals surface area contributed by atoms with Crippen molar-refractivity contribution in [3.8, 4) is 0 Å². The second-order valence-corrected chi connectivity index (χ2v) is 11.8. The molecule has 4 aliphatic rings. The van der Waals surface area contributed by atoms with Crippen molar-refractivity contribution in [2.24, 2.45) is 17.6 Å². The van der Waals surface area contributed by atoms with E-state index in [0.29, 0.717) is 37.5 Å². The molecule has 0 aliphatic carbocycles. The summed E-state index contributed by atoms with van der Waals surface area (Å²) < 4.78 is 1.45. The van der Waals surface area contributed by atoms with Gasteiger partial charge in [-0.15, -0.1) is 16.9 Å². The number of carboxylic acids is 1. The average molecular weight is 548 g/mol. The normalized spacial score (nSPS) is 31.4. The van der Waals surface area contributed by atoms with E-state index in [1.165, 1.54) is 27.7 Å². The maximum absolute atomic E-state index is 13.1. The highest BCUT2D eigenvalue weighted by molar-refractivity contribution is 8.03. The van der Waals surface area contributed by atoms with Gasteiger partial charge >= 0.3 is 5.97 Å². The third-order valence-corrected chi connectivity index (χ3v) is 9.41. The van der Waals surface area contributed by atoms with Gasteiger partial charge in [0.2, 0.25) is 17.7 Å². The van der Waals surface area contributed by atoms with Crippen LogP contribution in [-0.4, -0.2) is 108 Å². The lowest BCUT2D eigenvalue weighted by Gasteiger charge is -2.47. The molecule has 1 aromatic heterocycles. The van der Waals surface area contributed by atoms with E-state index >= 15 is 0 Å². The van der Waals surface area contributed by atoms with E-state index in [9.17, 15) is 24.3 Å². The van der Waals surface area contributed by atoms with Gasteiger partial charge in [0, 0.05) is 54.2 Å². The van der Waals surface area contributed by atoms with E-state index in [4.69, 9.17) is 5.73 Å². The summed E-state index contributed by atoms with van der Waals surface area (Å²) in [5, 5.41) is 27.0. The van der Waals surface area contributed by atoms with Crippen molar-refractivity contribution in [2.75, 3.05) is 19.6 Å². The number of hydrogen-bond acceptors (Lipinski definition) is 10. The predicted molar refractivity (Wildman–Crippen MR) is 135 cm³/mol. The number of rotatable bonds is 9. The van der Waals surface area contributed by atoms with Gasteiger partial charge in [0.15, 0.2) is 0 Å². The van der Waals surface area contributed by atoms with Crippen molar-refractivity contribution in [1.82, 2.24) is 40.6 Å². The Morgan fingerprint density at radius 3 is 2.82 bits per heavy atom. The van der Waals surface area contributed by atoms with Crippen LogP contribution < -0.4 is 16.4 Å². The highest BCUT2D eigenvalue weighted by Gasteiger charge is 2.60. The Bertz CT molecular complexity index is 1140. The number of carboxylic acid groups (broad SMARTS) is 1. The number of nitrogens with two attached hydrogens (primary N) is 1. The number of tetrazole rings is 1. The van der Waals surface area contributed by atoms with E-state index in [2.05, 4.69) is 26.2 Å². The van der Waals surface area contributed by atoms with Crippen LogP contribution in [-0.2, 0) is 25.7 Å². The molecular weight excluding hydrogens is 514 g/mol. The molecule has 206 valence electrons. The second kappa shape index (κ2) is 10.6. The maximum Gasteiger partial charge on any atom is 0.353 e. The lowest BCUT2D eigenvalue weighted by molar-refractivity contribution is -0.158. The van der Waals surface area contributed by atoms with Crippen LogP contribution in [0.1, 0.15) is 33.1 Å². The number of hydrogen-bond donors (Lipinski definition) is 4. The third kappa shape index (κ3) is 4.89. The number of β-lactam (4-membered cyclic amide) rings is 1. The minimum atomic E-state index is -1.14. The SMILES string of the molecule is C[C@@H](NC(=O)CCn1cnnn1)[C@H]1C(=O)N2C(C(=O)O)=C(S[C@@H]3CN[C@H](C(=O)N4CC[C@@H](N)C4)C3)[C@H](C)[C@H]12. The molecule has 0 bridgehead atoms. The molecule has 14 nitrogen and oxygen atoms in total. The molecule has 0 saturated carbocycles. The Morgan fingerprint density at radius 2 is 2.16 bits per heavy atom. The van der Waals surface area contributed by atoms with Crippen LogP contribution in [0.2, 0.25) is 0 Å². The van der Waals surface area contributed by atoms with Gasteiger partial charge in [-0.25, -0.2) is 9.48 Å². The summed E-state index contributed by atoms with van der Waals surface area (Å²) >= 11 is 1.45. The summed E-state index contributed by atoms with van der Waals surface area (Å²) in [5.74, 6) is -2.37. The van der Waals surface area contributed by atoms with Crippen LogP contribution in [0, 0.1) is 11.8 Å². The van der Waals surface area contributed by atoms with Crippen LogP contribution in [0.3, 0.4) is 0 Å². The third-order valence-electron chi connectivity index (χ3n) is 7.90. The lowest BCUT2D eigenvalue weighted by Crippen LogP contribution is -2.66. The van der Waals surface area contributed by atoms with E-state index < -0.39 is 17.9 Å². The van der Waals surface area contributed by atoms with Crippen LogP contribution in [0.4, 0.5) is 0 Å². The van der Waals surface area contributed by atoms with Crippen molar-refractivity contribution in [3.63, 3.8) is 0 Å². The number of amides is 3. The molecule has 3 amide bonds. The molecule has 0 radical (unpaired) electrons. The molecule has 5 heterocycles. The molecule has 5 rings (SSSR count). The zero-order chi connectivity index (χ0) is 27.1. The first-order valence-corrected chi connectivity index (χ1v) is 13.8. The van der Waals surface area contributed by atoms with Crippen molar-refractivity contribution in [2.45, 2.75) is 69.1 Å². The van der Waals surface area contributed by atoms with Gasteiger partial charge in [-0.1, -0.05) is 6.92 Å². The van der Waals surface area contributed by atoms with Gasteiger partial charge in [0.05, 0.1) is 24.5 Å². The molecule has 3 saturated heterocycles. The van der Waals surface area contributed by atoms with Gasteiger partial charge in [-0.05, 0) is 30.2 Å². The number of nitrogens with one attached hydrogen (secondary N) is 2. The summed E-state index contributed by atoms with van der Waals surface area (Å²) in [6.45, 7) is 5.80. The molecule has 0 spiro atoms. The Hall–Kier alpha value is -3.04. The van der Waals surface area contributed by atoms with Crippen LogP contribution in [0.5, 0.6) is 0 Å². The zero-order valence-electron chi connectivity index (χ0n) is 21.3. The molecule has 15 heteroatoms. The Kier molecular flexibility index (Phi) is 7.42. The Morgan fingerprint density at radius 1 is 1.37 bits per heavy atom. The van der Waals surface area contributed by atoms with Gasteiger partial charge in [0.25, 0.3) is 0 Å². The fraction of sp³-hybridized carbons (Fsp3) is 0.696. The van der Waals surface area contributed by atoms with Gasteiger partial charge in [-0.2, -0.15) is 0 Å². The Labute approximate surface area is 223 Å². The maximum atomic E-state index is 13.1. The number of carbonyl (C=O) groups is 4. The van der Waals surface area contributed by atoms with Crippen molar-refractivity contribution in [3.05, 3.63) is 16.9 Å². The molecular formula is C23H33N9O5S. The summed E-state index contributed by atoms with van der Waals surface area (Å²) in [4.78, 5) is 54.6. The topological polar surface area (TPSA) is 189 Å². The van der Waals surface area contributed by atoms with Crippen LogP contribution >= 0.6 is 11.8 Å². The zero-order valence-corrected chi connectivity index (χ0v) is 22.1. The first-order chi connectivity index (χ1) is 18.2. The number of aryl methyl sites for hydroxylation is 1. The molecule has 7 atom stereocenters. The highest BCUT2D eigenvalue weighted by atomic mass is 32.2. The fourth-order valence-electron chi connectivity index (χ4n) is 5.98. The van der Waals surface area contributed by atoms with Crippen molar-refractivity contribution < 1.29 is 24.3 Å². The molecule has 3 fully saturated rings. The summed E-state index contributed by atoms with van der Waals surface area (Å²) in [6.07, 6.45) is 2.95. The molecule has 38 heavy (non-hydrogen) atoms. The average Bonchev–Trinajstić information content (AvgIpc) is 3.66. The van der Waals surface area contributed by atoms with Gasteiger partial charge < -0.3 is 31.3 Å². The predicted octanol–water partition coefficient (Wildman–Crippen LogP) is -1.64. The number of nitrogens with zero attached hydrogens (tertiary/aromatic N) is 6. The fourth-order valence-corrected chi connectivity index (χ4v) is 7.46. The highest BCUT2D eigenvalue weighted by Crippen LogP contribution is 2.51. The molecule has 5 N–H and O–H groups in total. The number of likely N-dealkylation sites (tertiary alicyclic amines) is 1. The van der Waals surface area contributed by atoms with Gasteiger partial charge in [-0.3, -0.25) is 14.4 Å².